The molecule has 0 aromatic heterocycles. The molecule has 2 amide bonds. The minimum absolute atomic E-state index is 0.0160. The van der Waals surface area contributed by atoms with E-state index in [1.807, 2.05) is 24.3 Å². The lowest BCUT2D eigenvalue weighted by molar-refractivity contribution is -0.127. The van der Waals surface area contributed by atoms with Gasteiger partial charge in [-0.15, -0.1) is 0 Å². The summed E-state index contributed by atoms with van der Waals surface area (Å²) in [7, 11) is 0. The van der Waals surface area contributed by atoms with Gasteiger partial charge in [0.15, 0.2) is 0 Å². The van der Waals surface area contributed by atoms with Gasteiger partial charge in [0, 0.05) is 18.1 Å². The van der Waals surface area contributed by atoms with Crippen LogP contribution in [0.1, 0.15) is 31.7 Å². The molecule has 0 bridgehead atoms. The maximum atomic E-state index is 12.0. The molecule has 1 saturated carbocycles. The molecular weight excluding hydrogens is 300 g/mol. The van der Waals surface area contributed by atoms with E-state index in [0.717, 1.165) is 24.8 Å². The zero-order chi connectivity index (χ0) is 15.9. The number of nitrogens with one attached hydrogen (secondary N) is 2. The van der Waals surface area contributed by atoms with E-state index in [4.69, 9.17) is 11.6 Å². The number of rotatable bonds is 8. The molecule has 5 heteroatoms. The van der Waals surface area contributed by atoms with Crippen LogP contribution in [0.3, 0.4) is 0 Å². The highest BCUT2D eigenvalue weighted by atomic mass is 35.5. The third-order valence-electron chi connectivity index (χ3n) is 3.90. The third-order valence-corrected chi connectivity index (χ3v) is 4.13. The lowest BCUT2D eigenvalue weighted by Gasteiger charge is -2.06. The molecule has 1 aromatic rings. The lowest BCUT2D eigenvalue weighted by Crippen LogP contribution is -2.31. The van der Waals surface area contributed by atoms with Crippen molar-refractivity contribution in [3.63, 3.8) is 0 Å². The number of carbonyl (C=O) groups is 2. The minimum Gasteiger partial charge on any atom is -0.356 e. The predicted octanol–water partition coefficient (Wildman–Crippen LogP) is 2.55. The molecule has 1 aliphatic carbocycles. The Kier molecular flexibility index (Phi) is 6.25. The van der Waals surface area contributed by atoms with Crippen LogP contribution in [0, 0.1) is 11.8 Å². The van der Waals surface area contributed by atoms with Crippen molar-refractivity contribution in [1.29, 1.82) is 0 Å². The average Bonchev–Trinajstić information content (AvgIpc) is 3.28. The minimum atomic E-state index is -0.152. The largest absolute Gasteiger partial charge is 0.356 e. The Morgan fingerprint density at radius 1 is 1.18 bits per heavy atom. The van der Waals surface area contributed by atoms with Gasteiger partial charge in [0.1, 0.15) is 0 Å². The number of amides is 2. The van der Waals surface area contributed by atoms with Crippen LogP contribution in [0.4, 0.5) is 0 Å². The molecule has 1 aromatic carbocycles. The summed E-state index contributed by atoms with van der Waals surface area (Å²) >= 11 is 5.92. The van der Waals surface area contributed by atoms with Crippen LogP contribution in [0.15, 0.2) is 24.3 Å². The Morgan fingerprint density at radius 3 is 2.50 bits per heavy atom. The highest BCUT2D eigenvalue weighted by Crippen LogP contribution is 2.38. The van der Waals surface area contributed by atoms with Crippen molar-refractivity contribution < 1.29 is 9.59 Å². The Labute approximate surface area is 136 Å². The molecule has 0 radical (unpaired) electrons. The van der Waals surface area contributed by atoms with Gasteiger partial charge in [-0.05, 0) is 37.0 Å². The summed E-state index contributed by atoms with van der Waals surface area (Å²) in [6, 6.07) is 7.61. The van der Waals surface area contributed by atoms with Crippen molar-refractivity contribution in [3.8, 4) is 0 Å². The molecule has 22 heavy (non-hydrogen) atoms. The Morgan fingerprint density at radius 2 is 1.86 bits per heavy atom. The molecule has 1 fully saturated rings. The molecule has 2 unspecified atom stereocenters. The van der Waals surface area contributed by atoms with Crippen molar-refractivity contribution in [3.05, 3.63) is 34.9 Å². The van der Waals surface area contributed by atoms with E-state index in [-0.39, 0.29) is 23.7 Å². The molecule has 0 heterocycles. The van der Waals surface area contributed by atoms with Crippen LogP contribution < -0.4 is 10.6 Å². The topological polar surface area (TPSA) is 58.2 Å². The maximum Gasteiger partial charge on any atom is 0.223 e. The second-order valence-electron chi connectivity index (χ2n) is 5.76. The number of unbranched alkanes of at least 4 members (excludes halogenated alkanes) is 1. The summed E-state index contributed by atoms with van der Waals surface area (Å²) < 4.78 is 0. The summed E-state index contributed by atoms with van der Waals surface area (Å²) in [5.41, 5.74) is 1.09. The number of hydrogen-bond donors (Lipinski definition) is 2. The first-order valence-electron chi connectivity index (χ1n) is 7.91. The van der Waals surface area contributed by atoms with Crippen molar-refractivity contribution in [1.82, 2.24) is 10.6 Å². The van der Waals surface area contributed by atoms with Crippen LogP contribution in [-0.4, -0.2) is 24.9 Å². The smallest absolute Gasteiger partial charge is 0.223 e. The molecule has 1 aliphatic rings. The van der Waals surface area contributed by atoms with Gasteiger partial charge in [0.05, 0.1) is 11.8 Å². The highest BCUT2D eigenvalue weighted by Gasteiger charge is 2.47. The van der Waals surface area contributed by atoms with E-state index in [0.29, 0.717) is 24.5 Å². The maximum absolute atomic E-state index is 12.0. The molecule has 2 atom stereocenters. The second kappa shape index (κ2) is 8.18. The molecule has 0 spiro atoms. The summed E-state index contributed by atoms with van der Waals surface area (Å²) in [5.74, 6) is -0.287. The van der Waals surface area contributed by atoms with E-state index in [9.17, 15) is 9.59 Å². The fourth-order valence-corrected chi connectivity index (χ4v) is 2.66. The van der Waals surface area contributed by atoms with E-state index in [2.05, 4.69) is 17.6 Å². The Balaban J connectivity index is 1.65. The van der Waals surface area contributed by atoms with Crippen LogP contribution in [0.5, 0.6) is 0 Å². The van der Waals surface area contributed by atoms with Gasteiger partial charge in [-0.3, -0.25) is 9.59 Å². The monoisotopic (exact) mass is 322 g/mol. The quantitative estimate of drug-likeness (QED) is 0.723. The van der Waals surface area contributed by atoms with Crippen molar-refractivity contribution >= 4 is 23.4 Å². The SMILES string of the molecule is CCCCNC(=O)C1CC1C(=O)NCCc1cccc(Cl)c1. The molecule has 2 N–H and O–H groups in total. The van der Waals surface area contributed by atoms with E-state index >= 15 is 0 Å². The van der Waals surface area contributed by atoms with Crippen LogP contribution in [-0.2, 0) is 16.0 Å². The highest BCUT2D eigenvalue weighted by molar-refractivity contribution is 6.30. The van der Waals surface area contributed by atoms with Gasteiger partial charge in [-0.2, -0.15) is 0 Å². The third kappa shape index (κ3) is 5.02. The Bertz CT molecular complexity index is 533. The number of benzene rings is 1. The predicted molar refractivity (Wildman–Crippen MR) is 87.7 cm³/mol. The molecule has 0 saturated heterocycles. The fourth-order valence-electron chi connectivity index (χ4n) is 2.45. The summed E-state index contributed by atoms with van der Waals surface area (Å²) in [5, 5.41) is 6.49. The number of halogens is 1. The molecule has 0 aliphatic heterocycles. The van der Waals surface area contributed by atoms with Gasteiger partial charge in [0.2, 0.25) is 11.8 Å². The molecular formula is C17H23ClN2O2. The van der Waals surface area contributed by atoms with Crippen LogP contribution in [0.25, 0.3) is 0 Å². The van der Waals surface area contributed by atoms with E-state index < -0.39 is 0 Å². The first-order valence-corrected chi connectivity index (χ1v) is 8.29. The zero-order valence-electron chi connectivity index (χ0n) is 12.9. The van der Waals surface area contributed by atoms with Gasteiger partial charge >= 0.3 is 0 Å². The first kappa shape index (κ1) is 16.8. The van der Waals surface area contributed by atoms with Crippen molar-refractivity contribution in [2.75, 3.05) is 13.1 Å². The van der Waals surface area contributed by atoms with Crippen LogP contribution in [0.2, 0.25) is 5.02 Å². The molecule has 4 nitrogen and oxygen atoms in total. The summed E-state index contributed by atoms with van der Waals surface area (Å²) in [6.07, 6.45) is 3.45. The van der Waals surface area contributed by atoms with Gasteiger partial charge in [-0.25, -0.2) is 0 Å². The first-order chi connectivity index (χ1) is 10.6. The second-order valence-corrected chi connectivity index (χ2v) is 6.20. The van der Waals surface area contributed by atoms with E-state index in [1.54, 1.807) is 0 Å². The number of carbonyl (C=O) groups excluding carboxylic acids is 2. The lowest BCUT2D eigenvalue weighted by atomic mass is 10.1. The van der Waals surface area contributed by atoms with Gasteiger partial charge < -0.3 is 10.6 Å². The van der Waals surface area contributed by atoms with Crippen molar-refractivity contribution in [2.45, 2.75) is 32.6 Å². The Hall–Kier alpha value is -1.55. The molecule has 120 valence electrons. The average molecular weight is 323 g/mol. The standard InChI is InChI=1S/C17H23ClN2O2/c1-2-3-8-19-16(21)14-11-15(14)17(22)20-9-7-12-5-4-6-13(18)10-12/h4-6,10,14-15H,2-3,7-9,11H2,1H3,(H,19,21)(H,20,22). The normalized spacial score (nSPS) is 19.5. The molecule has 2 rings (SSSR count). The summed E-state index contributed by atoms with van der Waals surface area (Å²) in [6.45, 7) is 3.36. The van der Waals surface area contributed by atoms with E-state index in [1.165, 1.54) is 0 Å². The number of hydrogen-bond acceptors (Lipinski definition) is 2. The zero-order valence-corrected chi connectivity index (χ0v) is 13.7. The van der Waals surface area contributed by atoms with Gasteiger partial charge in [0.25, 0.3) is 0 Å². The fraction of sp³-hybridized carbons (Fsp3) is 0.529. The van der Waals surface area contributed by atoms with Gasteiger partial charge in [-0.1, -0.05) is 37.1 Å². The van der Waals surface area contributed by atoms with Crippen LogP contribution >= 0.6 is 11.6 Å². The summed E-state index contributed by atoms with van der Waals surface area (Å²) in [4.78, 5) is 23.8. The van der Waals surface area contributed by atoms with Crippen molar-refractivity contribution in [2.24, 2.45) is 11.8 Å².